The summed E-state index contributed by atoms with van der Waals surface area (Å²) in [6.07, 6.45) is 2.96. The van der Waals surface area contributed by atoms with Crippen LogP contribution < -0.4 is 15.4 Å². The van der Waals surface area contributed by atoms with E-state index >= 15 is 0 Å². The van der Waals surface area contributed by atoms with E-state index in [1.807, 2.05) is 24.3 Å². The number of anilines is 1. The van der Waals surface area contributed by atoms with E-state index in [1.54, 1.807) is 53.7 Å². The van der Waals surface area contributed by atoms with Crippen molar-refractivity contribution in [2.45, 2.75) is 31.9 Å². The van der Waals surface area contributed by atoms with Gasteiger partial charge in [-0.2, -0.15) is 0 Å². The van der Waals surface area contributed by atoms with Crippen molar-refractivity contribution in [1.29, 1.82) is 0 Å². The number of nitrogens with one attached hydrogen (secondary N) is 2. The van der Waals surface area contributed by atoms with Gasteiger partial charge >= 0.3 is 0 Å². The molecule has 0 bridgehead atoms. The second kappa shape index (κ2) is 14.0. The highest BCUT2D eigenvalue weighted by atomic mass is 16.6. The zero-order valence-electron chi connectivity index (χ0n) is 22.9. The summed E-state index contributed by atoms with van der Waals surface area (Å²) < 4.78 is 5.57. The van der Waals surface area contributed by atoms with Crippen molar-refractivity contribution in [3.05, 3.63) is 78.6 Å². The number of ether oxygens (including phenoxy) is 1. The van der Waals surface area contributed by atoms with Crippen LogP contribution in [0.15, 0.2) is 78.2 Å². The number of carbonyl (C=O) groups excluding carboxylic acids is 3. The number of aromatic nitrogens is 1. The molecule has 2 heterocycles. The van der Waals surface area contributed by atoms with Gasteiger partial charge in [-0.25, -0.2) is 0 Å². The maximum atomic E-state index is 13.4. The highest BCUT2D eigenvalue weighted by Gasteiger charge is 2.35. The fraction of sp³-hybridized carbons (Fsp3) is 0.300. The number of nitrogens with zero attached hydrogens (tertiary/aromatic N) is 3. The zero-order valence-corrected chi connectivity index (χ0v) is 22.9. The Morgan fingerprint density at radius 2 is 1.85 bits per heavy atom. The first-order chi connectivity index (χ1) is 19.8. The largest absolute Gasteiger partial charge is 0.491 e. The molecule has 1 aromatic heterocycles. The highest BCUT2D eigenvalue weighted by molar-refractivity contribution is 6.01. The van der Waals surface area contributed by atoms with Crippen molar-refractivity contribution in [3.8, 4) is 16.9 Å². The molecule has 2 atom stereocenters. The number of aliphatic hydroxyl groups excluding tert-OH is 1. The Kier molecular flexibility index (Phi) is 10.0. The molecule has 41 heavy (non-hydrogen) atoms. The molecule has 1 aliphatic heterocycles. The molecule has 214 valence electrons. The Balaban J connectivity index is 1.30. The minimum atomic E-state index is -0.945. The van der Waals surface area contributed by atoms with Gasteiger partial charge in [-0.15, -0.1) is 0 Å². The van der Waals surface area contributed by atoms with E-state index in [4.69, 9.17) is 9.57 Å². The average molecular weight is 560 g/mol. The number of rotatable bonds is 11. The van der Waals surface area contributed by atoms with Gasteiger partial charge in [-0.3, -0.25) is 19.4 Å². The molecule has 11 nitrogen and oxygen atoms in total. The summed E-state index contributed by atoms with van der Waals surface area (Å²) in [4.78, 5) is 48.0. The van der Waals surface area contributed by atoms with Crippen molar-refractivity contribution in [3.63, 3.8) is 0 Å². The normalized spacial score (nSPS) is 16.2. The van der Waals surface area contributed by atoms with Gasteiger partial charge in [0.2, 0.25) is 11.8 Å². The molecule has 1 aliphatic rings. The zero-order chi connectivity index (χ0) is 29.2. The molecule has 3 amide bonds. The smallest absolute Gasteiger partial charge is 0.254 e. The first kappa shape index (κ1) is 29.2. The van der Waals surface area contributed by atoms with Crippen molar-refractivity contribution in [1.82, 2.24) is 15.2 Å². The third-order valence-corrected chi connectivity index (χ3v) is 6.45. The molecule has 1 saturated heterocycles. The Morgan fingerprint density at radius 3 is 2.51 bits per heavy atom. The number of hydrogen-bond donors (Lipinski definition) is 3. The topological polar surface area (TPSA) is 142 Å². The molecule has 1 fully saturated rings. The fourth-order valence-corrected chi connectivity index (χ4v) is 4.50. The maximum absolute atomic E-state index is 13.4. The Labute approximate surface area is 238 Å². The third-order valence-electron chi connectivity index (χ3n) is 6.45. The van der Waals surface area contributed by atoms with Crippen molar-refractivity contribution in [2.24, 2.45) is 5.16 Å². The van der Waals surface area contributed by atoms with Gasteiger partial charge in [0.25, 0.3) is 5.91 Å². The van der Waals surface area contributed by atoms with Crippen LogP contribution in [0.25, 0.3) is 11.1 Å². The summed E-state index contributed by atoms with van der Waals surface area (Å²) in [7, 11) is 1.44. The lowest BCUT2D eigenvalue weighted by molar-refractivity contribution is -0.122. The van der Waals surface area contributed by atoms with Crippen molar-refractivity contribution in [2.75, 3.05) is 32.1 Å². The number of pyridine rings is 1. The highest BCUT2D eigenvalue weighted by Crippen LogP contribution is 2.24. The first-order valence-corrected chi connectivity index (χ1v) is 13.2. The molecule has 4 rings (SSSR count). The van der Waals surface area contributed by atoms with Gasteiger partial charge < -0.3 is 30.2 Å². The van der Waals surface area contributed by atoms with Crippen LogP contribution in [0.4, 0.5) is 5.69 Å². The van der Waals surface area contributed by atoms with E-state index in [0.717, 1.165) is 11.1 Å². The number of likely N-dealkylation sites (tertiary alicyclic amines) is 1. The SMILES string of the molecule is CON=C1C[C@@H](CC(=O)NCC(O)COc2ccc(NC(C)=O)cc2)N(C(=O)c2ccc(-c3cccnc3)cc2)C1. The van der Waals surface area contributed by atoms with Gasteiger partial charge in [0.15, 0.2) is 0 Å². The molecular weight excluding hydrogens is 526 g/mol. The summed E-state index contributed by atoms with van der Waals surface area (Å²) in [5.74, 6) is -0.174. The van der Waals surface area contributed by atoms with E-state index < -0.39 is 12.1 Å². The van der Waals surface area contributed by atoms with E-state index in [-0.39, 0.29) is 43.8 Å². The van der Waals surface area contributed by atoms with Crippen LogP contribution in [0.3, 0.4) is 0 Å². The standard InChI is InChI=1S/C30H33N5O6/c1-20(36)33-24-9-11-28(12-10-24)41-19-27(37)17-32-29(38)15-26-14-25(34-40-2)18-35(26)30(39)22-7-5-21(6-8-22)23-4-3-13-31-16-23/h3-13,16,26-27,37H,14-15,17-19H2,1-2H3,(H,32,38)(H,33,36)/t26-,27?/m0/s1. The monoisotopic (exact) mass is 559 g/mol. The summed E-state index contributed by atoms with van der Waals surface area (Å²) in [5.41, 5.74) is 3.70. The Hall–Kier alpha value is -4.77. The van der Waals surface area contributed by atoms with Gasteiger partial charge in [0.1, 0.15) is 25.6 Å². The van der Waals surface area contributed by atoms with Crippen LogP contribution in [0.5, 0.6) is 5.75 Å². The van der Waals surface area contributed by atoms with E-state index in [1.165, 1.54) is 14.0 Å². The van der Waals surface area contributed by atoms with Gasteiger partial charge in [-0.1, -0.05) is 23.4 Å². The van der Waals surface area contributed by atoms with E-state index in [0.29, 0.717) is 29.1 Å². The minimum absolute atomic E-state index is 0.0156. The Morgan fingerprint density at radius 1 is 1.10 bits per heavy atom. The number of aliphatic hydroxyl groups is 1. The molecule has 3 N–H and O–H groups in total. The fourth-order valence-electron chi connectivity index (χ4n) is 4.50. The van der Waals surface area contributed by atoms with E-state index in [9.17, 15) is 19.5 Å². The molecule has 3 aromatic rings. The predicted molar refractivity (Wildman–Crippen MR) is 153 cm³/mol. The summed E-state index contributed by atoms with van der Waals surface area (Å²) in [6, 6.07) is 17.4. The minimum Gasteiger partial charge on any atom is -0.491 e. The Bertz CT molecular complexity index is 1360. The molecule has 0 spiro atoms. The number of carbonyl (C=O) groups is 3. The lowest BCUT2D eigenvalue weighted by Gasteiger charge is -2.24. The summed E-state index contributed by atoms with van der Waals surface area (Å²) >= 11 is 0. The lowest BCUT2D eigenvalue weighted by Crippen LogP contribution is -2.41. The molecule has 11 heteroatoms. The summed E-state index contributed by atoms with van der Waals surface area (Å²) in [5, 5.41) is 19.7. The maximum Gasteiger partial charge on any atom is 0.254 e. The number of hydrogen-bond acceptors (Lipinski definition) is 8. The predicted octanol–water partition coefficient (Wildman–Crippen LogP) is 2.87. The molecular formula is C30H33N5O6. The van der Waals surface area contributed by atoms with Crippen LogP contribution in [0.1, 0.15) is 30.1 Å². The number of benzene rings is 2. The van der Waals surface area contributed by atoms with Gasteiger partial charge in [-0.05, 0) is 53.6 Å². The number of oxime groups is 1. The van der Waals surface area contributed by atoms with Crippen LogP contribution in [0.2, 0.25) is 0 Å². The molecule has 1 unspecified atom stereocenters. The van der Waals surface area contributed by atoms with Crippen LogP contribution in [-0.4, -0.2) is 77.4 Å². The van der Waals surface area contributed by atoms with Crippen LogP contribution >= 0.6 is 0 Å². The van der Waals surface area contributed by atoms with Gasteiger partial charge in [0, 0.05) is 56.0 Å². The average Bonchev–Trinajstić information content (AvgIpc) is 3.37. The second-order valence-electron chi connectivity index (χ2n) is 9.63. The second-order valence-corrected chi connectivity index (χ2v) is 9.63. The third kappa shape index (κ3) is 8.36. The molecule has 0 radical (unpaired) electrons. The summed E-state index contributed by atoms with van der Waals surface area (Å²) in [6.45, 7) is 1.63. The van der Waals surface area contributed by atoms with E-state index in [2.05, 4.69) is 20.8 Å². The van der Waals surface area contributed by atoms with Crippen LogP contribution in [0, 0.1) is 0 Å². The quantitative estimate of drug-likeness (QED) is 0.307. The molecule has 2 aromatic carbocycles. The van der Waals surface area contributed by atoms with Crippen molar-refractivity contribution < 1.29 is 29.1 Å². The number of amides is 3. The van der Waals surface area contributed by atoms with Crippen molar-refractivity contribution >= 4 is 29.1 Å². The molecule has 0 aliphatic carbocycles. The first-order valence-electron chi connectivity index (χ1n) is 13.2. The lowest BCUT2D eigenvalue weighted by atomic mass is 10.0. The van der Waals surface area contributed by atoms with Crippen LogP contribution in [-0.2, 0) is 14.4 Å². The molecule has 0 saturated carbocycles. The van der Waals surface area contributed by atoms with Gasteiger partial charge in [0.05, 0.1) is 12.3 Å².